The second kappa shape index (κ2) is 16.7. The summed E-state index contributed by atoms with van der Waals surface area (Å²) in [5.41, 5.74) is 3.68. The maximum Gasteiger partial charge on any atom is 0.286 e. The molecular formula is C36H51N5O2S. The van der Waals surface area contributed by atoms with Gasteiger partial charge in [-0.25, -0.2) is 15.0 Å². The van der Waals surface area contributed by atoms with Crippen LogP contribution in [0.15, 0.2) is 41.0 Å². The number of hydrogen-bond acceptors (Lipinski definition) is 7. The number of carbonyl (C=O) groups excluding carboxylic acids is 2. The number of amides is 2. The number of aromatic nitrogens is 1. The van der Waals surface area contributed by atoms with Gasteiger partial charge >= 0.3 is 0 Å². The summed E-state index contributed by atoms with van der Waals surface area (Å²) >= 11 is 1.60. The standard InChI is InChI=1S/C36H51N5O2S/c1-9-13-18-27(11-3)23-40(24-28(12-4)19-14-10-2)36-38-33(29-20-16-15-17-25(29)5)32(44-36)21-30-26(6)31(22-37)35(43)41(34(30)42)39(7)8/h15-17,20-21,27-28H,9-14,18-19,23-24H2,1-8H3/b30-21-. The van der Waals surface area contributed by atoms with Crippen LogP contribution in [-0.2, 0) is 9.59 Å². The Morgan fingerprint density at radius 2 is 1.55 bits per heavy atom. The number of rotatable bonds is 16. The van der Waals surface area contributed by atoms with E-state index in [-0.39, 0.29) is 5.57 Å². The Kier molecular flexibility index (Phi) is 13.4. The lowest BCUT2D eigenvalue weighted by molar-refractivity contribution is -0.155. The van der Waals surface area contributed by atoms with E-state index in [1.54, 1.807) is 32.4 Å². The van der Waals surface area contributed by atoms with Gasteiger partial charge in [0.05, 0.1) is 10.6 Å². The summed E-state index contributed by atoms with van der Waals surface area (Å²) in [6.45, 7) is 14.8. The molecule has 1 aromatic carbocycles. The minimum absolute atomic E-state index is 0.0169. The van der Waals surface area contributed by atoms with Crippen molar-refractivity contribution in [3.05, 3.63) is 51.4 Å². The summed E-state index contributed by atoms with van der Waals surface area (Å²) in [5.74, 6) is 0.126. The number of imide groups is 1. The van der Waals surface area contributed by atoms with E-state index in [2.05, 4.69) is 51.7 Å². The number of hydrazine groups is 1. The molecule has 0 N–H and O–H groups in total. The predicted octanol–water partition coefficient (Wildman–Crippen LogP) is 8.43. The number of carbonyl (C=O) groups is 2. The maximum atomic E-state index is 13.7. The Morgan fingerprint density at radius 3 is 2.05 bits per heavy atom. The quantitative estimate of drug-likeness (QED) is 0.139. The molecule has 2 atom stereocenters. The Balaban J connectivity index is 2.23. The third-order valence-electron chi connectivity index (χ3n) is 8.75. The van der Waals surface area contributed by atoms with Gasteiger partial charge in [-0.2, -0.15) is 5.26 Å². The molecule has 7 nitrogen and oxygen atoms in total. The van der Waals surface area contributed by atoms with Crippen LogP contribution in [0.5, 0.6) is 0 Å². The van der Waals surface area contributed by atoms with E-state index in [4.69, 9.17) is 4.98 Å². The Labute approximate surface area is 269 Å². The molecule has 0 saturated heterocycles. The zero-order valence-corrected chi connectivity index (χ0v) is 28.9. The molecule has 0 radical (unpaired) electrons. The number of unbranched alkanes of at least 4 members (excludes halogenated alkanes) is 2. The lowest BCUT2D eigenvalue weighted by Crippen LogP contribution is -2.50. The van der Waals surface area contributed by atoms with E-state index in [9.17, 15) is 14.9 Å². The van der Waals surface area contributed by atoms with E-state index >= 15 is 0 Å². The van der Waals surface area contributed by atoms with Crippen molar-refractivity contribution in [1.29, 1.82) is 5.26 Å². The highest BCUT2D eigenvalue weighted by molar-refractivity contribution is 7.17. The molecule has 1 aliphatic rings. The Bertz CT molecular complexity index is 1380. The van der Waals surface area contributed by atoms with Gasteiger partial charge in [0.2, 0.25) is 0 Å². The van der Waals surface area contributed by atoms with Crippen molar-refractivity contribution < 1.29 is 9.59 Å². The van der Waals surface area contributed by atoms with E-state index in [0.29, 0.717) is 23.0 Å². The smallest absolute Gasteiger partial charge is 0.286 e. The highest BCUT2D eigenvalue weighted by atomic mass is 32.1. The van der Waals surface area contributed by atoms with Crippen LogP contribution in [0.2, 0.25) is 0 Å². The van der Waals surface area contributed by atoms with Gasteiger partial charge in [-0.3, -0.25) is 9.59 Å². The number of aryl methyl sites for hydroxylation is 1. The molecule has 2 amide bonds. The van der Waals surface area contributed by atoms with Gasteiger partial charge in [-0.05, 0) is 55.7 Å². The number of hydrogen-bond donors (Lipinski definition) is 0. The Morgan fingerprint density at radius 1 is 0.955 bits per heavy atom. The van der Waals surface area contributed by atoms with Crippen molar-refractivity contribution in [2.24, 2.45) is 11.8 Å². The molecule has 1 aliphatic heterocycles. The van der Waals surface area contributed by atoms with Gasteiger partial charge in [0, 0.05) is 38.3 Å². The first kappa shape index (κ1) is 35.2. The van der Waals surface area contributed by atoms with Crippen LogP contribution in [0.1, 0.15) is 96.4 Å². The summed E-state index contributed by atoms with van der Waals surface area (Å²) < 4.78 is 0. The molecule has 238 valence electrons. The summed E-state index contributed by atoms with van der Waals surface area (Å²) in [4.78, 5) is 35.4. The van der Waals surface area contributed by atoms with Crippen LogP contribution < -0.4 is 4.90 Å². The van der Waals surface area contributed by atoms with Gasteiger partial charge in [-0.1, -0.05) is 102 Å². The van der Waals surface area contributed by atoms with Crippen molar-refractivity contribution >= 4 is 34.4 Å². The fraction of sp³-hybridized carbons (Fsp3) is 0.556. The summed E-state index contributed by atoms with van der Waals surface area (Å²) in [6, 6.07) is 10.2. The van der Waals surface area contributed by atoms with Crippen molar-refractivity contribution in [3.8, 4) is 17.3 Å². The first-order chi connectivity index (χ1) is 21.1. The van der Waals surface area contributed by atoms with Crippen LogP contribution in [0.25, 0.3) is 17.3 Å². The van der Waals surface area contributed by atoms with Crippen LogP contribution in [0, 0.1) is 30.1 Å². The lowest BCUT2D eigenvalue weighted by atomic mass is 9.95. The SMILES string of the molecule is CCCCC(CC)CN(CC(CC)CCCC)c1nc(-c2ccccc2C)c(/C=C2\C(=O)N(N(C)C)C(=O)C(C#N)=C2C)s1. The number of nitriles is 1. The average molecular weight is 618 g/mol. The molecule has 0 bridgehead atoms. The highest BCUT2D eigenvalue weighted by Gasteiger charge is 2.37. The van der Waals surface area contributed by atoms with E-state index in [1.165, 1.54) is 43.5 Å². The molecule has 2 unspecified atom stereocenters. The molecule has 2 heterocycles. The lowest BCUT2D eigenvalue weighted by Gasteiger charge is -2.31. The van der Waals surface area contributed by atoms with Gasteiger partial charge in [0.25, 0.3) is 11.8 Å². The van der Waals surface area contributed by atoms with Gasteiger partial charge in [0.15, 0.2) is 5.13 Å². The largest absolute Gasteiger partial charge is 0.348 e. The molecule has 1 aromatic heterocycles. The molecule has 0 spiro atoms. The number of anilines is 1. The van der Waals surface area contributed by atoms with E-state index in [1.807, 2.05) is 24.3 Å². The molecule has 0 aliphatic carbocycles. The van der Waals surface area contributed by atoms with Gasteiger partial charge < -0.3 is 4.90 Å². The number of benzene rings is 1. The van der Waals surface area contributed by atoms with Gasteiger partial charge in [0.1, 0.15) is 11.6 Å². The molecular weight excluding hydrogens is 566 g/mol. The second-order valence-electron chi connectivity index (χ2n) is 12.2. The highest BCUT2D eigenvalue weighted by Crippen LogP contribution is 2.39. The molecule has 8 heteroatoms. The number of nitrogens with zero attached hydrogens (tertiary/aromatic N) is 5. The fourth-order valence-corrected chi connectivity index (χ4v) is 6.88. The topological polar surface area (TPSA) is 80.5 Å². The van der Waals surface area contributed by atoms with E-state index < -0.39 is 11.8 Å². The van der Waals surface area contributed by atoms with Crippen LogP contribution >= 0.6 is 11.3 Å². The van der Waals surface area contributed by atoms with Crippen molar-refractivity contribution in [2.45, 2.75) is 92.9 Å². The predicted molar refractivity (Wildman–Crippen MR) is 183 cm³/mol. The van der Waals surface area contributed by atoms with Crippen molar-refractivity contribution in [1.82, 2.24) is 15.0 Å². The fourth-order valence-electron chi connectivity index (χ4n) is 5.84. The normalized spacial score (nSPS) is 16.2. The Hall–Kier alpha value is -3.28. The molecule has 3 rings (SSSR count). The second-order valence-corrected chi connectivity index (χ2v) is 13.2. The molecule has 2 aromatic rings. The van der Waals surface area contributed by atoms with Gasteiger partial charge in [-0.15, -0.1) is 0 Å². The van der Waals surface area contributed by atoms with Crippen molar-refractivity contribution in [3.63, 3.8) is 0 Å². The molecule has 0 fully saturated rings. The average Bonchev–Trinajstić information content (AvgIpc) is 3.42. The minimum atomic E-state index is -0.595. The monoisotopic (exact) mass is 617 g/mol. The van der Waals surface area contributed by atoms with Crippen LogP contribution in [0.3, 0.4) is 0 Å². The summed E-state index contributed by atoms with van der Waals surface area (Å²) in [5, 5.41) is 13.3. The first-order valence-electron chi connectivity index (χ1n) is 16.3. The minimum Gasteiger partial charge on any atom is -0.348 e. The zero-order valence-electron chi connectivity index (χ0n) is 28.1. The number of thiazole rings is 1. The molecule has 44 heavy (non-hydrogen) atoms. The third-order valence-corrected chi connectivity index (χ3v) is 9.81. The first-order valence-corrected chi connectivity index (χ1v) is 17.1. The third kappa shape index (κ3) is 8.25. The van der Waals surface area contributed by atoms with E-state index in [0.717, 1.165) is 57.8 Å². The van der Waals surface area contributed by atoms with Crippen molar-refractivity contribution in [2.75, 3.05) is 32.1 Å². The summed E-state index contributed by atoms with van der Waals surface area (Å²) in [7, 11) is 3.27. The zero-order chi connectivity index (χ0) is 32.4. The maximum absolute atomic E-state index is 13.7. The van der Waals surface area contributed by atoms with Crippen LogP contribution in [-0.4, -0.2) is 54.0 Å². The van der Waals surface area contributed by atoms with Crippen LogP contribution in [0.4, 0.5) is 5.13 Å². The summed E-state index contributed by atoms with van der Waals surface area (Å²) in [6.07, 6.45) is 11.3. The molecule has 0 saturated carbocycles.